The normalized spacial score (nSPS) is 11.4. The van der Waals surface area contributed by atoms with Gasteiger partial charge < -0.3 is 9.84 Å². The lowest BCUT2D eigenvalue weighted by atomic mass is 9.90. The molecule has 1 N–H and O–H groups in total. The number of benzene rings is 1. The molecule has 0 unspecified atom stereocenters. The number of carboxylic acid groups (broad SMARTS) is 1. The minimum absolute atomic E-state index is 0.0988. The second kappa shape index (κ2) is 6.45. The first-order chi connectivity index (χ1) is 9.88. The maximum Gasteiger partial charge on any atom is 0.355 e. The smallest absolute Gasteiger partial charge is 0.355 e. The summed E-state index contributed by atoms with van der Waals surface area (Å²) in [5, 5.41) is 12.0. The van der Waals surface area contributed by atoms with Gasteiger partial charge in [-0.2, -0.15) is 0 Å². The summed E-state index contributed by atoms with van der Waals surface area (Å²) < 4.78 is 5.67. The fourth-order valence-corrected chi connectivity index (χ4v) is 2.82. The lowest BCUT2D eigenvalue weighted by molar-refractivity contribution is 0.0691. The number of hydrogen-bond acceptors (Lipinski definition) is 4. The highest BCUT2D eigenvalue weighted by Gasteiger charge is 2.25. The van der Waals surface area contributed by atoms with E-state index in [0.29, 0.717) is 11.6 Å². The topological polar surface area (TPSA) is 59.4 Å². The van der Waals surface area contributed by atoms with Gasteiger partial charge in [-0.25, -0.2) is 9.78 Å². The quantitative estimate of drug-likeness (QED) is 0.863. The van der Waals surface area contributed by atoms with Crippen LogP contribution in [0.3, 0.4) is 0 Å². The summed E-state index contributed by atoms with van der Waals surface area (Å²) in [5.41, 5.74) is -0.133. The van der Waals surface area contributed by atoms with Crippen LogP contribution in [0.25, 0.3) is 0 Å². The van der Waals surface area contributed by atoms with Crippen molar-refractivity contribution in [3.05, 3.63) is 45.4 Å². The number of thiazole rings is 1. The van der Waals surface area contributed by atoms with Crippen molar-refractivity contribution in [3.8, 4) is 5.75 Å². The fourth-order valence-electron chi connectivity index (χ4n) is 1.74. The van der Waals surface area contributed by atoms with Crippen LogP contribution in [-0.4, -0.2) is 22.7 Å². The zero-order valence-corrected chi connectivity index (χ0v) is 13.4. The van der Waals surface area contributed by atoms with Gasteiger partial charge in [-0.1, -0.05) is 25.4 Å². The Morgan fingerprint density at radius 3 is 2.62 bits per heavy atom. The van der Waals surface area contributed by atoms with E-state index in [1.54, 1.807) is 17.5 Å². The molecular formula is C15H16ClNO3S. The maximum atomic E-state index is 10.9. The molecule has 0 aliphatic rings. The van der Waals surface area contributed by atoms with Crippen LogP contribution >= 0.6 is 22.9 Å². The number of carbonyl (C=O) groups is 1. The van der Waals surface area contributed by atoms with Crippen molar-refractivity contribution >= 4 is 28.9 Å². The van der Waals surface area contributed by atoms with Gasteiger partial charge >= 0.3 is 5.97 Å². The summed E-state index contributed by atoms with van der Waals surface area (Å²) in [6.45, 7) is 4.59. The molecule has 21 heavy (non-hydrogen) atoms. The Morgan fingerprint density at radius 1 is 1.38 bits per heavy atom. The molecule has 1 aromatic carbocycles. The second-order valence-corrected chi connectivity index (χ2v) is 6.57. The molecule has 0 spiro atoms. The largest absolute Gasteiger partial charge is 0.494 e. The molecule has 0 fully saturated rings. The van der Waals surface area contributed by atoms with Crippen LogP contribution in [0.15, 0.2) is 29.6 Å². The zero-order valence-electron chi connectivity index (χ0n) is 11.8. The Balaban J connectivity index is 1.94. The molecule has 1 aromatic heterocycles. The van der Waals surface area contributed by atoms with Gasteiger partial charge in [0, 0.05) is 15.8 Å². The average Bonchev–Trinajstić information content (AvgIpc) is 2.91. The number of hydrogen-bond donors (Lipinski definition) is 1. The van der Waals surface area contributed by atoms with Crippen molar-refractivity contribution in [2.75, 3.05) is 6.61 Å². The van der Waals surface area contributed by atoms with E-state index in [0.717, 1.165) is 17.2 Å². The van der Waals surface area contributed by atoms with E-state index < -0.39 is 5.97 Å². The molecule has 0 radical (unpaired) electrons. The first kappa shape index (κ1) is 15.8. The number of nitrogens with zero attached hydrogens (tertiary/aromatic N) is 1. The summed E-state index contributed by atoms with van der Waals surface area (Å²) in [7, 11) is 0. The SMILES string of the molecule is CC(C)(CCOc1ccc(Cl)cc1)c1nc(C(=O)O)cs1. The van der Waals surface area contributed by atoms with Crippen LogP contribution < -0.4 is 4.74 Å². The predicted octanol–water partition coefficient (Wildman–Crippen LogP) is 4.24. The lowest BCUT2D eigenvalue weighted by Gasteiger charge is -2.21. The lowest BCUT2D eigenvalue weighted by Crippen LogP contribution is -2.20. The summed E-state index contributed by atoms with van der Waals surface area (Å²) in [4.78, 5) is 15.0. The van der Waals surface area contributed by atoms with E-state index in [-0.39, 0.29) is 11.1 Å². The van der Waals surface area contributed by atoms with Crippen molar-refractivity contribution in [2.45, 2.75) is 25.7 Å². The van der Waals surface area contributed by atoms with Crippen molar-refractivity contribution in [2.24, 2.45) is 0 Å². The third-order valence-electron chi connectivity index (χ3n) is 3.11. The molecule has 6 heteroatoms. The number of rotatable bonds is 6. The monoisotopic (exact) mass is 325 g/mol. The summed E-state index contributed by atoms with van der Waals surface area (Å²) >= 11 is 7.18. The molecule has 2 rings (SSSR count). The minimum atomic E-state index is -0.995. The fraction of sp³-hybridized carbons (Fsp3) is 0.333. The Labute approximate surface area is 132 Å². The van der Waals surface area contributed by atoms with Crippen LogP contribution in [0, 0.1) is 0 Å². The van der Waals surface area contributed by atoms with Crippen molar-refractivity contribution in [3.63, 3.8) is 0 Å². The predicted molar refractivity (Wildman–Crippen MR) is 83.7 cm³/mol. The molecule has 4 nitrogen and oxygen atoms in total. The van der Waals surface area contributed by atoms with Gasteiger partial charge in [0.2, 0.25) is 0 Å². The molecule has 0 atom stereocenters. The second-order valence-electron chi connectivity index (χ2n) is 5.28. The molecule has 2 aromatic rings. The average molecular weight is 326 g/mol. The maximum absolute atomic E-state index is 10.9. The Hall–Kier alpha value is -1.59. The van der Waals surface area contributed by atoms with Crippen LogP contribution in [0.2, 0.25) is 5.02 Å². The molecule has 1 heterocycles. The number of aromatic carboxylic acids is 1. The van der Waals surface area contributed by atoms with Crippen LogP contribution in [-0.2, 0) is 5.41 Å². The molecule has 0 bridgehead atoms. The van der Waals surface area contributed by atoms with Gasteiger partial charge in [-0.3, -0.25) is 0 Å². The van der Waals surface area contributed by atoms with Crippen molar-refractivity contribution in [1.29, 1.82) is 0 Å². The standard InChI is InChI=1S/C15H16ClNO3S/c1-15(2,14-17-12(9-21-14)13(18)19)7-8-20-11-5-3-10(16)4-6-11/h3-6,9H,7-8H2,1-2H3,(H,18,19). The van der Waals surface area contributed by atoms with Gasteiger partial charge in [0.05, 0.1) is 11.6 Å². The Kier molecular flexibility index (Phi) is 4.85. The number of aromatic nitrogens is 1. The molecule has 112 valence electrons. The van der Waals surface area contributed by atoms with Gasteiger partial charge in [-0.05, 0) is 30.7 Å². The van der Waals surface area contributed by atoms with E-state index in [2.05, 4.69) is 4.98 Å². The third kappa shape index (κ3) is 4.19. The third-order valence-corrected chi connectivity index (χ3v) is 4.57. The molecule has 0 aliphatic heterocycles. The van der Waals surface area contributed by atoms with Gasteiger partial charge in [-0.15, -0.1) is 11.3 Å². The van der Waals surface area contributed by atoms with E-state index in [1.807, 2.05) is 26.0 Å². The molecule has 0 saturated carbocycles. The first-order valence-electron chi connectivity index (χ1n) is 6.46. The van der Waals surface area contributed by atoms with E-state index in [4.69, 9.17) is 21.4 Å². The molecule has 0 aliphatic carbocycles. The Bertz CT molecular complexity index is 622. The van der Waals surface area contributed by atoms with E-state index >= 15 is 0 Å². The van der Waals surface area contributed by atoms with Gasteiger partial charge in [0.15, 0.2) is 5.69 Å². The number of ether oxygens (including phenoxy) is 1. The summed E-state index contributed by atoms with van der Waals surface area (Å²) in [5.74, 6) is -0.230. The highest BCUT2D eigenvalue weighted by Crippen LogP contribution is 2.30. The zero-order chi connectivity index (χ0) is 15.5. The van der Waals surface area contributed by atoms with E-state index in [1.165, 1.54) is 11.3 Å². The summed E-state index contributed by atoms with van der Waals surface area (Å²) in [6.07, 6.45) is 0.738. The highest BCUT2D eigenvalue weighted by molar-refractivity contribution is 7.10. The highest BCUT2D eigenvalue weighted by atomic mass is 35.5. The molecular weight excluding hydrogens is 310 g/mol. The van der Waals surface area contributed by atoms with E-state index in [9.17, 15) is 4.79 Å². The minimum Gasteiger partial charge on any atom is -0.494 e. The number of carboxylic acids is 1. The van der Waals surface area contributed by atoms with Gasteiger partial charge in [0.25, 0.3) is 0 Å². The van der Waals surface area contributed by atoms with Crippen molar-refractivity contribution in [1.82, 2.24) is 4.98 Å². The van der Waals surface area contributed by atoms with Crippen LogP contribution in [0.4, 0.5) is 0 Å². The van der Waals surface area contributed by atoms with Crippen molar-refractivity contribution < 1.29 is 14.6 Å². The first-order valence-corrected chi connectivity index (χ1v) is 7.72. The molecule has 0 amide bonds. The van der Waals surface area contributed by atoms with Gasteiger partial charge in [0.1, 0.15) is 5.75 Å². The Morgan fingerprint density at radius 2 is 2.05 bits per heavy atom. The molecule has 0 saturated heterocycles. The van der Waals surface area contributed by atoms with Crippen LogP contribution in [0.1, 0.15) is 35.8 Å². The number of halogens is 1. The van der Waals surface area contributed by atoms with Crippen LogP contribution in [0.5, 0.6) is 5.75 Å². The summed E-state index contributed by atoms with van der Waals surface area (Å²) in [6, 6.07) is 7.20.